The van der Waals surface area contributed by atoms with Crippen LogP contribution in [0, 0.1) is 34.0 Å². The number of nitrogens with two attached hydrogens (primary N) is 1. The van der Waals surface area contributed by atoms with Crippen LogP contribution in [-0.4, -0.2) is 70.7 Å². The summed E-state index contributed by atoms with van der Waals surface area (Å²) in [6.07, 6.45) is 5.46. The van der Waals surface area contributed by atoms with E-state index in [0.29, 0.717) is 32.4 Å². The fourth-order valence-electron chi connectivity index (χ4n) is 9.34. The molecule has 46 heavy (non-hydrogen) atoms. The maximum Gasteiger partial charge on any atom is 0.316 e. The quantitative estimate of drug-likeness (QED) is 0.204. The highest BCUT2D eigenvalue weighted by atomic mass is 32.2. The van der Waals surface area contributed by atoms with Gasteiger partial charge in [0.25, 0.3) is 0 Å². The van der Waals surface area contributed by atoms with Crippen molar-refractivity contribution >= 4 is 35.3 Å². The van der Waals surface area contributed by atoms with E-state index in [-0.39, 0.29) is 59.0 Å². The van der Waals surface area contributed by atoms with Gasteiger partial charge in [-0.2, -0.15) is 0 Å². The standard InChI is InChI=1S/C36H51N3O6S/c1-6-34(4)18-28(35(5)22(2)12-14-36(23(3)32(34)43)15-13-27(40)31(35)36)45-30(42)21-46-25-10-7-9-24(17-25)20-38-33(44)26-11-8-16-39(26)29(41)19-37/h6-7,9-10,17,22-23,26,28,31-32,43H,1,8,11-16,18-21,37H2,2-5H3,(H,38,44)/t22?,23-,26-,28+,31?,32-,34+,35-,36?/m0/s1. The van der Waals surface area contributed by atoms with Gasteiger partial charge in [-0.3, -0.25) is 19.2 Å². The molecule has 1 aromatic rings. The van der Waals surface area contributed by atoms with Crippen LogP contribution in [0.1, 0.15) is 78.2 Å². The fraction of sp³-hybridized carbons (Fsp3) is 0.667. The normalized spacial score (nSPS) is 37.2. The third-order valence-corrected chi connectivity index (χ3v) is 13.3. The Morgan fingerprint density at radius 3 is 2.70 bits per heavy atom. The van der Waals surface area contributed by atoms with E-state index in [1.54, 1.807) is 4.90 Å². The Hall–Kier alpha value is -2.69. The number of hydrogen-bond donors (Lipinski definition) is 3. The molecule has 4 N–H and O–H groups in total. The van der Waals surface area contributed by atoms with Crippen LogP contribution in [0.2, 0.25) is 0 Å². The molecule has 0 aromatic heterocycles. The van der Waals surface area contributed by atoms with Crippen LogP contribution in [0.25, 0.3) is 0 Å². The number of likely N-dealkylation sites (tertiary alicyclic amines) is 1. The Balaban J connectivity index is 1.27. The van der Waals surface area contributed by atoms with Gasteiger partial charge in [0.05, 0.1) is 18.4 Å². The number of nitrogens with zero attached hydrogens (tertiary/aromatic N) is 1. The molecule has 5 rings (SSSR count). The van der Waals surface area contributed by atoms with E-state index < -0.39 is 29.1 Å². The molecule has 0 radical (unpaired) electrons. The molecule has 1 aliphatic heterocycles. The molecule has 4 aliphatic rings. The van der Waals surface area contributed by atoms with Crippen molar-refractivity contribution in [3.05, 3.63) is 42.5 Å². The summed E-state index contributed by atoms with van der Waals surface area (Å²) in [5.74, 6) is -0.609. The lowest BCUT2D eigenvalue weighted by atomic mass is 9.44. The van der Waals surface area contributed by atoms with Crippen molar-refractivity contribution in [1.29, 1.82) is 0 Å². The number of hydrogen-bond acceptors (Lipinski definition) is 8. The first-order valence-electron chi connectivity index (χ1n) is 16.8. The highest BCUT2D eigenvalue weighted by Gasteiger charge is 2.68. The number of ether oxygens (including phenoxy) is 1. The zero-order valence-corrected chi connectivity index (χ0v) is 28.6. The number of amides is 2. The third-order valence-electron chi connectivity index (χ3n) is 12.3. The highest BCUT2D eigenvalue weighted by molar-refractivity contribution is 8.00. The van der Waals surface area contributed by atoms with Crippen LogP contribution >= 0.6 is 11.8 Å². The molecule has 3 aliphatic carbocycles. The van der Waals surface area contributed by atoms with Crippen molar-refractivity contribution in [2.75, 3.05) is 18.8 Å². The predicted octanol–water partition coefficient (Wildman–Crippen LogP) is 4.25. The first-order valence-corrected chi connectivity index (χ1v) is 17.8. The van der Waals surface area contributed by atoms with Crippen molar-refractivity contribution in [2.24, 2.45) is 39.7 Å². The molecular weight excluding hydrogens is 602 g/mol. The van der Waals surface area contributed by atoms with Gasteiger partial charge in [0.2, 0.25) is 11.8 Å². The lowest BCUT2D eigenvalue weighted by Gasteiger charge is -2.61. The van der Waals surface area contributed by atoms with Crippen LogP contribution in [-0.2, 0) is 30.5 Å². The number of thioether (sulfide) groups is 1. The summed E-state index contributed by atoms with van der Waals surface area (Å²) < 4.78 is 6.38. The summed E-state index contributed by atoms with van der Waals surface area (Å²) >= 11 is 1.37. The number of carbonyl (C=O) groups excluding carboxylic acids is 4. The smallest absolute Gasteiger partial charge is 0.316 e. The van der Waals surface area contributed by atoms with E-state index >= 15 is 0 Å². The number of carbonyl (C=O) groups is 4. The van der Waals surface area contributed by atoms with Gasteiger partial charge in [-0.15, -0.1) is 18.3 Å². The highest BCUT2D eigenvalue weighted by Crippen LogP contribution is 2.68. The monoisotopic (exact) mass is 653 g/mol. The number of aliphatic hydroxyl groups is 1. The van der Waals surface area contributed by atoms with E-state index in [9.17, 15) is 24.3 Å². The second kappa shape index (κ2) is 13.4. The Kier molecular flexibility index (Phi) is 10.1. The maximum atomic E-state index is 13.6. The molecule has 1 saturated heterocycles. The van der Waals surface area contributed by atoms with Gasteiger partial charge in [-0.25, -0.2) is 0 Å². The minimum absolute atomic E-state index is 0.0754. The summed E-state index contributed by atoms with van der Waals surface area (Å²) in [4.78, 5) is 54.6. The summed E-state index contributed by atoms with van der Waals surface area (Å²) in [6.45, 7) is 13.2. The average Bonchev–Trinajstić information content (AvgIpc) is 3.69. The van der Waals surface area contributed by atoms with Crippen molar-refractivity contribution in [1.82, 2.24) is 10.2 Å². The molecule has 3 unspecified atom stereocenters. The van der Waals surface area contributed by atoms with Gasteiger partial charge in [-0.1, -0.05) is 45.9 Å². The van der Waals surface area contributed by atoms with Crippen LogP contribution in [0.3, 0.4) is 0 Å². The summed E-state index contributed by atoms with van der Waals surface area (Å²) in [5.41, 5.74) is 4.86. The van der Waals surface area contributed by atoms with E-state index in [0.717, 1.165) is 36.1 Å². The summed E-state index contributed by atoms with van der Waals surface area (Å²) in [6, 6.07) is 7.15. The first kappa shape index (κ1) is 34.6. The molecule has 9 atom stereocenters. The number of benzene rings is 1. The van der Waals surface area contributed by atoms with Crippen LogP contribution < -0.4 is 11.1 Å². The van der Waals surface area contributed by atoms with Crippen LogP contribution in [0.4, 0.5) is 0 Å². The molecule has 1 aromatic carbocycles. The zero-order valence-electron chi connectivity index (χ0n) is 27.8. The van der Waals surface area contributed by atoms with Crippen molar-refractivity contribution in [2.45, 2.75) is 102 Å². The molecule has 1 heterocycles. The second-order valence-electron chi connectivity index (χ2n) is 14.7. The Bertz CT molecular complexity index is 1370. The molecule has 0 spiro atoms. The Morgan fingerprint density at radius 2 is 1.98 bits per heavy atom. The summed E-state index contributed by atoms with van der Waals surface area (Å²) in [7, 11) is 0. The second-order valence-corrected chi connectivity index (χ2v) is 15.7. The number of aliphatic hydroxyl groups excluding tert-OH is 1. The number of esters is 1. The SMILES string of the molecule is C=C[C@]1(C)C[C@@H](OC(=O)CSc2cccc(CNC(=O)[C@@H]3CCCN3C(=O)CN)c2)[C@]2(C)C(C)CCC3(CCC(=O)C32)[C@@H](C)[C@@H]1O. The largest absolute Gasteiger partial charge is 0.461 e. The zero-order chi connectivity index (χ0) is 33.4. The minimum atomic E-state index is -0.701. The Morgan fingerprint density at radius 1 is 1.22 bits per heavy atom. The van der Waals surface area contributed by atoms with Crippen molar-refractivity contribution < 1.29 is 29.0 Å². The number of Topliss-reactive ketones (excluding diaryl/α,β-unsaturated/α-hetero) is 1. The first-order chi connectivity index (χ1) is 21.8. The van der Waals surface area contributed by atoms with E-state index in [2.05, 4.69) is 32.7 Å². The summed E-state index contributed by atoms with van der Waals surface area (Å²) in [5, 5.41) is 14.7. The predicted molar refractivity (Wildman–Crippen MR) is 177 cm³/mol. The molecule has 9 nitrogen and oxygen atoms in total. The van der Waals surface area contributed by atoms with E-state index in [1.165, 1.54) is 11.8 Å². The van der Waals surface area contributed by atoms with E-state index in [4.69, 9.17) is 10.5 Å². The number of nitrogens with one attached hydrogen (secondary N) is 1. The molecule has 2 bridgehead atoms. The number of ketones is 1. The molecular formula is C36H51N3O6S. The lowest BCUT2D eigenvalue weighted by molar-refractivity contribution is -0.205. The molecule has 4 fully saturated rings. The van der Waals surface area contributed by atoms with Gasteiger partial charge in [0, 0.05) is 41.2 Å². The van der Waals surface area contributed by atoms with Gasteiger partial charge < -0.3 is 25.8 Å². The van der Waals surface area contributed by atoms with Gasteiger partial charge in [0.15, 0.2) is 0 Å². The van der Waals surface area contributed by atoms with Crippen molar-refractivity contribution in [3.63, 3.8) is 0 Å². The molecule has 3 saturated carbocycles. The third kappa shape index (κ3) is 6.05. The van der Waals surface area contributed by atoms with Crippen LogP contribution in [0.5, 0.6) is 0 Å². The van der Waals surface area contributed by atoms with Gasteiger partial charge in [0.1, 0.15) is 17.9 Å². The Labute approximate surface area is 277 Å². The number of rotatable bonds is 9. The topological polar surface area (TPSA) is 139 Å². The maximum absolute atomic E-state index is 13.6. The minimum Gasteiger partial charge on any atom is -0.461 e. The van der Waals surface area contributed by atoms with Crippen molar-refractivity contribution in [3.8, 4) is 0 Å². The molecule has 10 heteroatoms. The van der Waals surface area contributed by atoms with E-state index in [1.807, 2.05) is 37.3 Å². The lowest BCUT2D eigenvalue weighted by Crippen LogP contribution is -2.63. The average molecular weight is 654 g/mol. The van der Waals surface area contributed by atoms with Gasteiger partial charge in [-0.05, 0) is 73.5 Å². The molecule has 2 amide bonds. The van der Waals surface area contributed by atoms with Gasteiger partial charge >= 0.3 is 5.97 Å². The van der Waals surface area contributed by atoms with Crippen LogP contribution in [0.15, 0.2) is 41.8 Å². The fourth-order valence-corrected chi connectivity index (χ4v) is 10.1. The molecule has 252 valence electrons.